The fraction of sp³-hybridized carbons (Fsp3) is 1.00. The molecule has 4 heteroatoms. The van der Waals surface area contributed by atoms with Crippen LogP contribution in [-0.2, 0) is 0 Å². The summed E-state index contributed by atoms with van der Waals surface area (Å²) >= 11 is -0.306. The first kappa shape index (κ1) is 17.6. The van der Waals surface area contributed by atoms with Crippen LogP contribution in [0.15, 0.2) is 0 Å². The van der Waals surface area contributed by atoms with Crippen LogP contribution in [0, 0.1) is 11.8 Å². The third kappa shape index (κ3) is 11.3. The van der Waals surface area contributed by atoms with Gasteiger partial charge in [-0.05, 0) is 0 Å². The van der Waals surface area contributed by atoms with Gasteiger partial charge in [0.25, 0.3) is 0 Å². The predicted octanol–water partition coefficient (Wildman–Crippen LogP) is 4.62. The molecule has 0 spiro atoms. The number of halogens is 2. The van der Waals surface area contributed by atoms with Gasteiger partial charge >= 0.3 is 33.5 Å². The molecule has 0 bridgehead atoms. The Morgan fingerprint density at radius 1 is 0.786 bits per heavy atom. The molecule has 0 saturated carbocycles. The Morgan fingerprint density at radius 3 is 1.14 bits per heavy atom. The molecular formula is C10H22AlBCl2. The van der Waals surface area contributed by atoms with Crippen molar-refractivity contribution in [2.45, 2.75) is 53.2 Å². The van der Waals surface area contributed by atoms with Crippen LogP contribution in [0.3, 0.4) is 0 Å². The van der Waals surface area contributed by atoms with E-state index < -0.39 is 0 Å². The van der Waals surface area contributed by atoms with Gasteiger partial charge < -0.3 is 7.28 Å². The van der Waals surface area contributed by atoms with Gasteiger partial charge in [0, 0.05) is 0 Å². The van der Waals surface area contributed by atoms with Crippen molar-refractivity contribution in [3.8, 4) is 0 Å². The molecule has 0 aliphatic carbocycles. The van der Waals surface area contributed by atoms with Crippen LogP contribution < -0.4 is 0 Å². The zero-order valence-electron chi connectivity index (χ0n) is 10.2. The zero-order chi connectivity index (χ0) is 11.7. The molecule has 0 aromatic heterocycles. The van der Waals surface area contributed by atoms with Gasteiger partial charge in [0.1, 0.15) is 0 Å². The van der Waals surface area contributed by atoms with Crippen molar-refractivity contribution < 1.29 is 0 Å². The molecule has 2 unspecified atom stereocenters. The summed E-state index contributed by atoms with van der Waals surface area (Å²) < 4.78 is 0. The van der Waals surface area contributed by atoms with E-state index in [1.807, 2.05) is 0 Å². The van der Waals surface area contributed by atoms with Crippen LogP contribution in [0.1, 0.15) is 41.5 Å². The van der Waals surface area contributed by atoms with E-state index >= 15 is 0 Å². The standard InChI is InChI=1S/C10H22B.Al.2ClH/c1-7(2)9(5)11-10(6)8(3)4;;;/h7-10H,1-6H3;;2*1H/q-1;+3;;/p-2. The molecule has 0 saturated heterocycles. The van der Waals surface area contributed by atoms with Crippen molar-refractivity contribution in [1.29, 1.82) is 0 Å². The van der Waals surface area contributed by atoms with E-state index in [1.165, 1.54) is 0 Å². The van der Waals surface area contributed by atoms with Crippen LogP contribution in [0.2, 0.25) is 11.6 Å². The molecule has 0 fully saturated rings. The summed E-state index contributed by atoms with van der Waals surface area (Å²) in [6.07, 6.45) is 0. The van der Waals surface area contributed by atoms with Crippen LogP contribution >= 0.6 is 20.1 Å². The van der Waals surface area contributed by atoms with Gasteiger partial charge in [0.05, 0.1) is 0 Å². The van der Waals surface area contributed by atoms with E-state index in [0.29, 0.717) is 0 Å². The van der Waals surface area contributed by atoms with Gasteiger partial charge in [-0.25, -0.2) is 11.6 Å². The second-order valence-corrected chi connectivity index (χ2v) is 6.63. The molecular weight excluding hydrogens is 229 g/mol. The SMILES string of the molecule is CC(C)C(C)[B-]C(C)C(C)C.[Cl][Al+][Cl]. The zero-order valence-corrected chi connectivity index (χ0v) is 12.9. The minimum atomic E-state index is -0.306. The van der Waals surface area contributed by atoms with Crippen LogP contribution in [0.25, 0.3) is 0 Å². The minimum absolute atomic E-state index is 0.306. The number of rotatable bonds is 4. The fourth-order valence-corrected chi connectivity index (χ4v) is 0.923. The van der Waals surface area contributed by atoms with Crippen LogP contribution in [0.4, 0.5) is 0 Å². The quantitative estimate of drug-likeness (QED) is 0.639. The topological polar surface area (TPSA) is 0 Å². The molecule has 0 nitrogen and oxygen atoms in total. The predicted molar refractivity (Wildman–Crippen MR) is 71.7 cm³/mol. The molecule has 0 heterocycles. The Bertz CT molecular complexity index is 109. The van der Waals surface area contributed by atoms with Crippen molar-refractivity contribution in [3.63, 3.8) is 0 Å². The van der Waals surface area contributed by atoms with Gasteiger partial charge in [-0.2, -0.15) is 0 Å². The summed E-state index contributed by atoms with van der Waals surface area (Å²) in [5, 5.41) is 0. The van der Waals surface area contributed by atoms with Gasteiger partial charge in [-0.15, -0.1) is 0 Å². The summed E-state index contributed by atoms with van der Waals surface area (Å²) in [5.74, 6) is 3.09. The molecule has 0 aromatic rings. The maximum absolute atomic E-state index is 4.85. The first-order valence-electron chi connectivity index (χ1n) is 5.23. The summed E-state index contributed by atoms with van der Waals surface area (Å²) in [6.45, 7) is 13.8. The molecule has 2 atom stereocenters. The number of hydrogen-bond donors (Lipinski definition) is 0. The molecule has 0 aromatic carbocycles. The normalized spacial score (nSPS) is 14.4. The van der Waals surface area contributed by atoms with Crippen molar-refractivity contribution >= 4 is 40.8 Å². The Balaban J connectivity index is 0. The van der Waals surface area contributed by atoms with Crippen LogP contribution in [-0.4, -0.2) is 20.7 Å². The third-order valence-electron chi connectivity index (χ3n) is 2.71. The van der Waals surface area contributed by atoms with Gasteiger partial charge in [0.15, 0.2) is 0 Å². The molecule has 0 rings (SSSR count). The Hall–Kier alpha value is 1.18. The molecule has 14 heavy (non-hydrogen) atoms. The van der Waals surface area contributed by atoms with E-state index in [2.05, 4.69) is 48.8 Å². The molecule has 2 radical (unpaired) electrons. The van der Waals surface area contributed by atoms with Crippen molar-refractivity contribution in [1.82, 2.24) is 0 Å². The molecule has 82 valence electrons. The van der Waals surface area contributed by atoms with Gasteiger partial charge in [0.2, 0.25) is 0 Å². The molecule has 0 aliphatic rings. The van der Waals surface area contributed by atoms with Crippen molar-refractivity contribution in [2.75, 3.05) is 0 Å². The molecule has 0 N–H and O–H groups in total. The molecule has 0 aliphatic heterocycles. The van der Waals surface area contributed by atoms with E-state index in [-0.39, 0.29) is 13.4 Å². The monoisotopic (exact) mass is 250 g/mol. The average molecular weight is 251 g/mol. The summed E-state index contributed by atoms with van der Waals surface area (Å²) in [6, 6.07) is 0. The number of hydrogen-bond acceptors (Lipinski definition) is 0. The average Bonchev–Trinajstić information content (AvgIpc) is 2.05. The second kappa shape index (κ2) is 10.7. The third-order valence-corrected chi connectivity index (χ3v) is 2.71. The molecule has 0 amide bonds. The Labute approximate surface area is 105 Å². The first-order chi connectivity index (χ1) is 6.36. The van der Waals surface area contributed by atoms with Gasteiger partial charge in [-0.3, -0.25) is 0 Å². The first-order valence-corrected chi connectivity index (χ1v) is 8.73. The second-order valence-electron chi connectivity index (χ2n) is 4.48. The van der Waals surface area contributed by atoms with E-state index in [1.54, 1.807) is 0 Å². The summed E-state index contributed by atoms with van der Waals surface area (Å²) in [7, 11) is 12.2. The summed E-state index contributed by atoms with van der Waals surface area (Å²) in [4.78, 5) is 0. The summed E-state index contributed by atoms with van der Waals surface area (Å²) in [5.41, 5.74) is 0. The van der Waals surface area contributed by atoms with Crippen LogP contribution in [0.5, 0.6) is 0 Å². The fourth-order valence-electron chi connectivity index (χ4n) is 0.923. The van der Waals surface area contributed by atoms with Crippen molar-refractivity contribution in [3.05, 3.63) is 0 Å². The Morgan fingerprint density at radius 2 is 1.00 bits per heavy atom. The van der Waals surface area contributed by atoms with E-state index in [4.69, 9.17) is 20.1 Å². The maximum atomic E-state index is 4.85. The Kier molecular flexibility index (Phi) is 13.4. The van der Waals surface area contributed by atoms with E-state index in [9.17, 15) is 0 Å². The van der Waals surface area contributed by atoms with E-state index in [0.717, 1.165) is 23.5 Å². The van der Waals surface area contributed by atoms with Crippen molar-refractivity contribution in [2.24, 2.45) is 11.8 Å². The van der Waals surface area contributed by atoms with Gasteiger partial charge in [-0.1, -0.05) is 53.4 Å².